The highest BCUT2D eigenvalue weighted by atomic mass is 16.5. The number of amides is 1. The van der Waals surface area contributed by atoms with Gasteiger partial charge in [-0.05, 0) is 24.1 Å². The SMILES string of the molecule is COc1ccc(CCNC=O)cc1N. The number of anilines is 1. The zero-order valence-electron chi connectivity index (χ0n) is 8.12. The lowest BCUT2D eigenvalue weighted by Gasteiger charge is -2.06. The number of ether oxygens (including phenoxy) is 1. The molecule has 1 aromatic carbocycles. The van der Waals surface area contributed by atoms with Crippen molar-refractivity contribution in [1.29, 1.82) is 0 Å². The number of nitrogens with two attached hydrogens (primary N) is 1. The summed E-state index contributed by atoms with van der Waals surface area (Å²) in [4.78, 5) is 10.0. The van der Waals surface area contributed by atoms with Gasteiger partial charge in [-0.3, -0.25) is 4.79 Å². The molecule has 4 nitrogen and oxygen atoms in total. The van der Waals surface area contributed by atoms with Crippen molar-refractivity contribution in [3.63, 3.8) is 0 Å². The first-order chi connectivity index (χ1) is 6.77. The summed E-state index contributed by atoms with van der Waals surface area (Å²) < 4.78 is 5.03. The number of nitrogen functional groups attached to an aromatic ring is 1. The van der Waals surface area contributed by atoms with Gasteiger partial charge in [0.2, 0.25) is 6.41 Å². The van der Waals surface area contributed by atoms with Crippen molar-refractivity contribution in [3.8, 4) is 5.75 Å². The molecule has 14 heavy (non-hydrogen) atoms. The third kappa shape index (κ3) is 2.65. The van der Waals surface area contributed by atoms with E-state index < -0.39 is 0 Å². The van der Waals surface area contributed by atoms with E-state index in [9.17, 15) is 4.79 Å². The van der Waals surface area contributed by atoms with Gasteiger partial charge in [-0.25, -0.2) is 0 Å². The summed E-state index contributed by atoms with van der Waals surface area (Å²) in [6.07, 6.45) is 1.46. The Morgan fingerprint density at radius 1 is 1.57 bits per heavy atom. The molecule has 0 spiro atoms. The summed E-state index contributed by atoms with van der Waals surface area (Å²) in [6, 6.07) is 5.61. The van der Waals surface area contributed by atoms with Crippen LogP contribution in [-0.4, -0.2) is 20.1 Å². The van der Waals surface area contributed by atoms with Crippen LogP contribution in [0, 0.1) is 0 Å². The van der Waals surface area contributed by atoms with Gasteiger partial charge in [0, 0.05) is 6.54 Å². The molecule has 0 aliphatic rings. The molecule has 0 heterocycles. The number of nitrogens with one attached hydrogen (secondary N) is 1. The molecule has 0 radical (unpaired) electrons. The van der Waals surface area contributed by atoms with Crippen LogP contribution in [0.4, 0.5) is 5.69 Å². The summed E-state index contributed by atoms with van der Waals surface area (Å²) in [6.45, 7) is 0.620. The smallest absolute Gasteiger partial charge is 0.207 e. The molecule has 1 amide bonds. The molecule has 0 atom stereocenters. The van der Waals surface area contributed by atoms with Crippen LogP contribution < -0.4 is 15.8 Å². The minimum Gasteiger partial charge on any atom is -0.495 e. The topological polar surface area (TPSA) is 64.3 Å². The van der Waals surface area contributed by atoms with Crippen molar-refractivity contribution < 1.29 is 9.53 Å². The van der Waals surface area contributed by atoms with Crippen LogP contribution in [0.25, 0.3) is 0 Å². The van der Waals surface area contributed by atoms with E-state index in [2.05, 4.69) is 5.32 Å². The van der Waals surface area contributed by atoms with E-state index in [0.29, 0.717) is 24.4 Å². The number of hydrogen-bond acceptors (Lipinski definition) is 3. The first-order valence-corrected chi connectivity index (χ1v) is 4.37. The van der Waals surface area contributed by atoms with Crippen LogP contribution in [0.15, 0.2) is 18.2 Å². The number of hydrogen-bond donors (Lipinski definition) is 2. The molecule has 0 saturated carbocycles. The largest absolute Gasteiger partial charge is 0.495 e. The van der Waals surface area contributed by atoms with Crippen molar-refractivity contribution in [3.05, 3.63) is 23.8 Å². The Morgan fingerprint density at radius 3 is 2.93 bits per heavy atom. The monoisotopic (exact) mass is 194 g/mol. The summed E-state index contributed by atoms with van der Waals surface area (Å²) in [5.41, 5.74) is 7.42. The molecule has 0 saturated heterocycles. The number of rotatable bonds is 5. The molecule has 0 aromatic heterocycles. The summed E-state index contributed by atoms with van der Waals surface area (Å²) in [5, 5.41) is 2.59. The Bertz CT molecular complexity index is 313. The molecule has 1 rings (SSSR count). The second-order valence-corrected chi connectivity index (χ2v) is 2.90. The van der Waals surface area contributed by atoms with E-state index in [4.69, 9.17) is 10.5 Å². The first-order valence-electron chi connectivity index (χ1n) is 4.37. The Labute approximate surface area is 83.1 Å². The fraction of sp³-hybridized carbons (Fsp3) is 0.300. The number of methoxy groups -OCH3 is 1. The highest BCUT2D eigenvalue weighted by molar-refractivity contribution is 5.54. The lowest BCUT2D eigenvalue weighted by Crippen LogP contribution is -2.14. The Hall–Kier alpha value is -1.71. The normalized spacial score (nSPS) is 9.50. The molecule has 4 heteroatoms. The fourth-order valence-electron chi connectivity index (χ4n) is 1.21. The van der Waals surface area contributed by atoms with Crippen molar-refractivity contribution in [1.82, 2.24) is 5.32 Å². The summed E-state index contributed by atoms with van der Waals surface area (Å²) >= 11 is 0. The fourth-order valence-corrected chi connectivity index (χ4v) is 1.21. The lowest BCUT2D eigenvalue weighted by atomic mass is 10.1. The molecule has 0 bridgehead atoms. The van der Waals surface area contributed by atoms with Gasteiger partial charge in [0.25, 0.3) is 0 Å². The van der Waals surface area contributed by atoms with Gasteiger partial charge in [0.1, 0.15) is 5.75 Å². The summed E-state index contributed by atoms with van der Waals surface area (Å²) in [5.74, 6) is 0.678. The van der Waals surface area contributed by atoms with E-state index in [-0.39, 0.29) is 0 Å². The van der Waals surface area contributed by atoms with E-state index in [0.717, 1.165) is 12.0 Å². The third-order valence-corrected chi connectivity index (χ3v) is 1.94. The van der Waals surface area contributed by atoms with Gasteiger partial charge < -0.3 is 15.8 Å². The highest BCUT2D eigenvalue weighted by Gasteiger charge is 1.99. The van der Waals surface area contributed by atoms with Crippen LogP contribution in [-0.2, 0) is 11.2 Å². The predicted octanol–water partition coefficient (Wildman–Crippen LogP) is 0.566. The Morgan fingerprint density at radius 2 is 2.36 bits per heavy atom. The molecule has 0 unspecified atom stereocenters. The Balaban J connectivity index is 2.61. The molecule has 0 aliphatic carbocycles. The van der Waals surface area contributed by atoms with Crippen molar-refractivity contribution in [2.24, 2.45) is 0 Å². The van der Waals surface area contributed by atoms with E-state index in [1.165, 1.54) is 0 Å². The van der Waals surface area contributed by atoms with Crippen LogP contribution in [0.3, 0.4) is 0 Å². The highest BCUT2D eigenvalue weighted by Crippen LogP contribution is 2.21. The molecule has 76 valence electrons. The lowest BCUT2D eigenvalue weighted by molar-refractivity contribution is -0.109. The average Bonchev–Trinajstić information content (AvgIpc) is 2.18. The minimum absolute atomic E-state index is 0.620. The standard InChI is InChI=1S/C10H14N2O2/c1-14-10-3-2-8(6-9(10)11)4-5-12-7-13/h2-3,6-7H,4-5,11H2,1H3,(H,12,13). The molecule has 0 aliphatic heterocycles. The molecule has 3 N–H and O–H groups in total. The van der Waals surface area contributed by atoms with Crippen molar-refractivity contribution >= 4 is 12.1 Å². The van der Waals surface area contributed by atoms with Crippen molar-refractivity contribution in [2.45, 2.75) is 6.42 Å². The zero-order chi connectivity index (χ0) is 10.4. The van der Waals surface area contributed by atoms with Gasteiger partial charge in [0.15, 0.2) is 0 Å². The van der Waals surface area contributed by atoms with Gasteiger partial charge in [-0.15, -0.1) is 0 Å². The van der Waals surface area contributed by atoms with Gasteiger partial charge >= 0.3 is 0 Å². The molecule has 0 fully saturated rings. The van der Waals surface area contributed by atoms with Gasteiger partial charge in [-0.2, -0.15) is 0 Å². The average molecular weight is 194 g/mol. The number of carbonyl (C=O) groups is 1. The van der Waals surface area contributed by atoms with Gasteiger partial charge in [-0.1, -0.05) is 6.07 Å². The quantitative estimate of drug-likeness (QED) is 0.409. The molecular formula is C10H14N2O2. The Kier molecular flexibility index (Phi) is 3.79. The maximum atomic E-state index is 10.0. The maximum absolute atomic E-state index is 10.0. The first kappa shape index (κ1) is 10.4. The minimum atomic E-state index is 0.620. The van der Waals surface area contributed by atoms with Crippen LogP contribution in [0.5, 0.6) is 5.75 Å². The van der Waals surface area contributed by atoms with Crippen molar-refractivity contribution in [2.75, 3.05) is 19.4 Å². The summed E-state index contributed by atoms with van der Waals surface area (Å²) in [7, 11) is 1.58. The van der Waals surface area contributed by atoms with Crippen LogP contribution >= 0.6 is 0 Å². The third-order valence-electron chi connectivity index (χ3n) is 1.94. The second kappa shape index (κ2) is 5.11. The van der Waals surface area contributed by atoms with Gasteiger partial charge in [0.05, 0.1) is 12.8 Å². The molecular weight excluding hydrogens is 180 g/mol. The molecule has 1 aromatic rings. The number of carbonyl (C=O) groups excluding carboxylic acids is 1. The second-order valence-electron chi connectivity index (χ2n) is 2.90. The van der Waals surface area contributed by atoms with Crippen LogP contribution in [0.1, 0.15) is 5.56 Å². The zero-order valence-corrected chi connectivity index (χ0v) is 8.12. The van der Waals surface area contributed by atoms with E-state index in [1.54, 1.807) is 7.11 Å². The van der Waals surface area contributed by atoms with Crippen LogP contribution in [0.2, 0.25) is 0 Å². The van der Waals surface area contributed by atoms with E-state index >= 15 is 0 Å². The maximum Gasteiger partial charge on any atom is 0.207 e. The number of benzene rings is 1. The van der Waals surface area contributed by atoms with E-state index in [1.807, 2.05) is 18.2 Å². The predicted molar refractivity (Wildman–Crippen MR) is 55.2 cm³/mol.